The lowest BCUT2D eigenvalue weighted by Gasteiger charge is -2.22. The second-order valence-corrected chi connectivity index (χ2v) is 8.16. The van der Waals surface area contributed by atoms with E-state index in [2.05, 4.69) is 20.9 Å². The van der Waals surface area contributed by atoms with Gasteiger partial charge in [-0.25, -0.2) is 0 Å². The van der Waals surface area contributed by atoms with Crippen molar-refractivity contribution >= 4 is 28.6 Å². The third-order valence-electron chi connectivity index (χ3n) is 5.27. The van der Waals surface area contributed by atoms with Gasteiger partial charge in [0, 0.05) is 17.1 Å². The number of hydrogen-bond donors (Lipinski definition) is 4. The SMILES string of the molecule is COc1cccc2[nH]c(C(=O)NC(CC(C)C)C(=O)NC(C#N)CC3C=CNC3=O)cc12. The normalized spacial score (nSPS) is 17.0. The van der Waals surface area contributed by atoms with Crippen LogP contribution < -0.4 is 20.7 Å². The molecule has 1 aliphatic heterocycles. The van der Waals surface area contributed by atoms with Crippen LogP contribution in [0.4, 0.5) is 0 Å². The van der Waals surface area contributed by atoms with Gasteiger partial charge in [0.25, 0.3) is 5.91 Å². The fourth-order valence-electron chi connectivity index (χ4n) is 3.66. The Bertz CT molecular complexity index is 1080. The van der Waals surface area contributed by atoms with Gasteiger partial charge in [0.2, 0.25) is 11.8 Å². The number of fused-ring (bicyclic) bond motifs is 1. The Hall–Kier alpha value is -3.80. The molecule has 32 heavy (non-hydrogen) atoms. The zero-order valence-electron chi connectivity index (χ0n) is 18.3. The fraction of sp³-hybridized carbons (Fsp3) is 0.391. The van der Waals surface area contributed by atoms with Crippen molar-refractivity contribution < 1.29 is 19.1 Å². The van der Waals surface area contributed by atoms with Crippen LogP contribution in [0.1, 0.15) is 37.2 Å². The molecule has 1 aliphatic rings. The first kappa shape index (κ1) is 22.9. The summed E-state index contributed by atoms with van der Waals surface area (Å²) in [6.45, 7) is 3.88. The minimum atomic E-state index is -0.857. The van der Waals surface area contributed by atoms with E-state index in [1.807, 2.05) is 32.0 Å². The summed E-state index contributed by atoms with van der Waals surface area (Å²) < 4.78 is 5.33. The van der Waals surface area contributed by atoms with Gasteiger partial charge in [0.05, 0.1) is 19.1 Å². The number of benzene rings is 1. The van der Waals surface area contributed by atoms with Gasteiger partial charge in [-0.3, -0.25) is 14.4 Å². The van der Waals surface area contributed by atoms with Crippen molar-refractivity contribution in [1.29, 1.82) is 5.26 Å². The highest BCUT2D eigenvalue weighted by molar-refractivity contribution is 6.01. The largest absolute Gasteiger partial charge is 0.496 e. The number of nitriles is 1. The first-order valence-electron chi connectivity index (χ1n) is 10.5. The maximum absolute atomic E-state index is 12.9. The summed E-state index contributed by atoms with van der Waals surface area (Å²) in [6.07, 6.45) is 3.74. The molecule has 2 heterocycles. The monoisotopic (exact) mass is 437 g/mol. The molecule has 0 radical (unpaired) electrons. The number of H-pyrrole nitrogens is 1. The summed E-state index contributed by atoms with van der Waals surface area (Å²) in [5.74, 6) is -0.820. The predicted molar refractivity (Wildman–Crippen MR) is 118 cm³/mol. The number of rotatable bonds is 9. The van der Waals surface area contributed by atoms with Crippen LogP contribution in [0.15, 0.2) is 36.5 Å². The first-order valence-corrected chi connectivity index (χ1v) is 10.5. The van der Waals surface area contributed by atoms with E-state index in [9.17, 15) is 19.6 Å². The number of nitrogens with one attached hydrogen (secondary N) is 4. The minimum absolute atomic E-state index is 0.123. The molecule has 3 rings (SSSR count). The van der Waals surface area contributed by atoms with Crippen LogP contribution in [0.2, 0.25) is 0 Å². The molecule has 0 fully saturated rings. The molecule has 9 nitrogen and oxygen atoms in total. The number of aromatic amines is 1. The Morgan fingerprint density at radius 1 is 1.28 bits per heavy atom. The van der Waals surface area contributed by atoms with Gasteiger partial charge in [-0.1, -0.05) is 26.0 Å². The summed E-state index contributed by atoms with van der Waals surface area (Å²) in [5.41, 5.74) is 1.04. The minimum Gasteiger partial charge on any atom is -0.496 e. The highest BCUT2D eigenvalue weighted by Gasteiger charge is 2.28. The molecular weight excluding hydrogens is 410 g/mol. The van der Waals surface area contributed by atoms with Crippen molar-refractivity contribution in [2.45, 2.75) is 38.8 Å². The summed E-state index contributed by atoms with van der Waals surface area (Å²) in [5, 5.41) is 18.2. The van der Waals surface area contributed by atoms with E-state index in [1.165, 1.54) is 6.20 Å². The number of aromatic nitrogens is 1. The molecule has 0 saturated heterocycles. The third-order valence-corrected chi connectivity index (χ3v) is 5.27. The molecule has 0 spiro atoms. The molecule has 1 aromatic heterocycles. The smallest absolute Gasteiger partial charge is 0.268 e. The van der Waals surface area contributed by atoms with E-state index in [4.69, 9.17) is 4.74 Å². The summed E-state index contributed by atoms with van der Waals surface area (Å²) >= 11 is 0. The molecule has 3 atom stereocenters. The maximum Gasteiger partial charge on any atom is 0.268 e. The molecule has 168 valence electrons. The maximum atomic E-state index is 12.9. The molecule has 2 aromatic rings. The second-order valence-electron chi connectivity index (χ2n) is 8.16. The standard InChI is InChI=1S/C23H27N5O4/c1-13(2)9-18(22(30)26-15(12-24)10-14-7-8-25-21(14)29)28-23(31)19-11-16-17(27-19)5-4-6-20(16)32-3/h4-8,11,13-15,18,27H,9-10H2,1-3H3,(H,25,29)(H,26,30)(H,28,31). The lowest BCUT2D eigenvalue weighted by Crippen LogP contribution is -2.50. The average Bonchev–Trinajstić information content (AvgIpc) is 3.38. The second kappa shape index (κ2) is 10.0. The van der Waals surface area contributed by atoms with Gasteiger partial charge in [0.1, 0.15) is 23.5 Å². The predicted octanol–water partition coefficient (Wildman–Crippen LogP) is 1.98. The van der Waals surface area contributed by atoms with E-state index in [-0.39, 0.29) is 18.2 Å². The Morgan fingerprint density at radius 2 is 2.06 bits per heavy atom. The number of hydrogen-bond acceptors (Lipinski definition) is 5. The Morgan fingerprint density at radius 3 is 2.69 bits per heavy atom. The van der Waals surface area contributed by atoms with Crippen LogP contribution in [0.25, 0.3) is 10.9 Å². The zero-order chi connectivity index (χ0) is 23.3. The van der Waals surface area contributed by atoms with Crippen molar-refractivity contribution in [1.82, 2.24) is 20.9 Å². The highest BCUT2D eigenvalue weighted by atomic mass is 16.5. The Labute approximate surface area is 186 Å². The fourth-order valence-corrected chi connectivity index (χ4v) is 3.66. The third kappa shape index (κ3) is 5.27. The van der Waals surface area contributed by atoms with Crippen LogP contribution in [0.3, 0.4) is 0 Å². The lowest BCUT2D eigenvalue weighted by molar-refractivity contribution is -0.125. The van der Waals surface area contributed by atoms with Crippen molar-refractivity contribution in [2.75, 3.05) is 7.11 Å². The molecule has 1 aromatic carbocycles. The summed E-state index contributed by atoms with van der Waals surface area (Å²) in [6, 6.07) is 7.46. The van der Waals surface area contributed by atoms with Gasteiger partial charge in [-0.05, 0) is 37.0 Å². The molecule has 0 aliphatic carbocycles. The molecule has 3 amide bonds. The van der Waals surface area contributed by atoms with Crippen LogP contribution in [-0.2, 0) is 9.59 Å². The van der Waals surface area contributed by atoms with Crippen molar-refractivity contribution in [2.24, 2.45) is 11.8 Å². The van der Waals surface area contributed by atoms with E-state index in [0.29, 0.717) is 17.9 Å². The lowest BCUT2D eigenvalue weighted by atomic mass is 9.99. The van der Waals surface area contributed by atoms with E-state index in [0.717, 1.165) is 10.9 Å². The number of methoxy groups -OCH3 is 1. The number of carbonyl (C=O) groups is 3. The van der Waals surface area contributed by atoms with Gasteiger partial charge in [-0.2, -0.15) is 5.26 Å². The van der Waals surface area contributed by atoms with E-state index < -0.39 is 29.8 Å². The molecular formula is C23H27N5O4. The van der Waals surface area contributed by atoms with Crippen LogP contribution in [-0.4, -0.2) is 41.9 Å². The average molecular weight is 438 g/mol. The topological polar surface area (TPSA) is 136 Å². The summed E-state index contributed by atoms with van der Waals surface area (Å²) in [7, 11) is 1.56. The van der Waals surface area contributed by atoms with Crippen LogP contribution in [0.5, 0.6) is 5.75 Å². The number of nitrogens with zero attached hydrogens (tertiary/aromatic N) is 1. The number of carbonyl (C=O) groups excluding carboxylic acids is 3. The molecule has 0 bridgehead atoms. The van der Waals surface area contributed by atoms with E-state index >= 15 is 0 Å². The zero-order valence-corrected chi connectivity index (χ0v) is 18.3. The van der Waals surface area contributed by atoms with Crippen LogP contribution in [0, 0.1) is 23.2 Å². The van der Waals surface area contributed by atoms with Crippen molar-refractivity contribution in [3.05, 3.63) is 42.2 Å². The molecule has 0 saturated carbocycles. The number of ether oxygens (including phenoxy) is 1. The quantitative estimate of drug-likeness (QED) is 0.476. The van der Waals surface area contributed by atoms with Crippen LogP contribution >= 0.6 is 0 Å². The van der Waals surface area contributed by atoms with Gasteiger partial charge in [0.15, 0.2) is 0 Å². The van der Waals surface area contributed by atoms with Gasteiger partial charge >= 0.3 is 0 Å². The molecule has 4 N–H and O–H groups in total. The van der Waals surface area contributed by atoms with Gasteiger partial charge < -0.3 is 25.7 Å². The van der Waals surface area contributed by atoms with E-state index in [1.54, 1.807) is 25.3 Å². The first-order chi connectivity index (χ1) is 15.3. The Balaban J connectivity index is 1.72. The highest BCUT2D eigenvalue weighted by Crippen LogP contribution is 2.26. The molecule has 3 unspecified atom stereocenters. The van der Waals surface area contributed by atoms with Gasteiger partial charge in [-0.15, -0.1) is 0 Å². The Kier molecular flexibility index (Phi) is 7.15. The number of amides is 3. The summed E-state index contributed by atoms with van der Waals surface area (Å²) in [4.78, 5) is 40.6. The molecule has 9 heteroatoms. The van der Waals surface area contributed by atoms with Crippen molar-refractivity contribution in [3.8, 4) is 11.8 Å². The van der Waals surface area contributed by atoms with Crippen molar-refractivity contribution in [3.63, 3.8) is 0 Å².